The van der Waals surface area contributed by atoms with Gasteiger partial charge in [-0.2, -0.15) is 0 Å². The molecule has 7 heteroatoms. The summed E-state index contributed by atoms with van der Waals surface area (Å²) < 4.78 is 23.8. The van der Waals surface area contributed by atoms with Crippen molar-refractivity contribution in [3.63, 3.8) is 0 Å². The second-order valence-corrected chi connectivity index (χ2v) is 12.7. The minimum absolute atomic E-state index is 0.0907. The number of allylic oxidation sites excluding steroid dienone is 2. The lowest BCUT2D eigenvalue weighted by Gasteiger charge is -2.65. The van der Waals surface area contributed by atoms with Gasteiger partial charge in [-0.3, -0.25) is 14.5 Å². The van der Waals surface area contributed by atoms with Gasteiger partial charge >= 0.3 is 5.97 Å². The number of nitrogens with zero attached hydrogens (tertiary/aromatic N) is 1. The van der Waals surface area contributed by atoms with Crippen molar-refractivity contribution in [3.05, 3.63) is 11.1 Å². The fourth-order valence-electron chi connectivity index (χ4n) is 8.70. The topological polar surface area (TPSA) is 74.3 Å². The summed E-state index contributed by atoms with van der Waals surface area (Å²) >= 11 is 0. The van der Waals surface area contributed by atoms with Gasteiger partial charge in [0.25, 0.3) is 0 Å². The van der Waals surface area contributed by atoms with Gasteiger partial charge in [0.05, 0.1) is 31.3 Å². The van der Waals surface area contributed by atoms with Gasteiger partial charge in [-0.15, -0.1) is 12.8 Å². The molecule has 0 radical (unpaired) electrons. The zero-order valence-corrected chi connectivity index (χ0v) is 28.2. The number of fused-ring (bicyclic) bond motifs is 5. The largest absolute Gasteiger partial charge is 0.454 e. The zero-order chi connectivity index (χ0) is 31.9. The normalized spacial score (nSPS) is 36.8. The van der Waals surface area contributed by atoms with E-state index in [0.717, 1.165) is 58.5 Å². The molecule has 0 aromatic rings. The van der Waals surface area contributed by atoms with Crippen molar-refractivity contribution in [2.24, 2.45) is 28.6 Å². The van der Waals surface area contributed by atoms with Crippen LogP contribution in [0.5, 0.6) is 0 Å². The molecule has 0 aromatic carbocycles. The van der Waals surface area contributed by atoms with E-state index in [9.17, 15) is 9.59 Å². The number of Topliss-reactive ketones (excluding diaryl/α,β-unsaturated/α-hetero) is 1. The molecule has 42 heavy (non-hydrogen) atoms. The molecule has 5 rings (SSSR count). The zero-order valence-electron chi connectivity index (χ0n) is 28.2. The summed E-state index contributed by atoms with van der Waals surface area (Å²) in [6.07, 6.45) is 11.9. The second kappa shape index (κ2) is 15.3. The smallest absolute Gasteiger partial charge is 0.303 e. The number of methoxy groups -OCH3 is 1. The summed E-state index contributed by atoms with van der Waals surface area (Å²) in [6, 6.07) is 0. The lowest BCUT2D eigenvalue weighted by atomic mass is 9.46. The maximum absolute atomic E-state index is 15.0. The lowest BCUT2D eigenvalue weighted by Crippen LogP contribution is -2.76. The quantitative estimate of drug-likeness (QED) is 0.218. The number of carbonyl (C=O) groups excluding carboxylic acids is 2. The Morgan fingerprint density at radius 2 is 1.69 bits per heavy atom. The standard InChI is InChI=1S/C29H45NO6.2C2H6.C2H2/c1-18-7-8-20-15-22-28(5,23(33-6)16-24-29(22,17-35-24)36-19(2)31)26(32)21(25(18)27(20,3)4)9-10-30-11-13-34-14-12-30;3*1-2/h20-24H,7-17H2,1-6H3;2*1-2H3;1-2H/t20-,21+,22?,23-,24+,28-,29+;;;/m0.../s1. The van der Waals surface area contributed by atoms with Gasteiger partial charge in [0, 0.05) is 45.4 Å². The van der Waals surface area contributed by atoms with Crippen molar-refractivity contribution in [1.82, 2.24) is 4.90 Å². The van der Waals surface area contributed by atoms with E-state index in [-0.39, 0.29) is 41.2 Å². The van der Waals surface area contributed by atoms with E-state index in [1.807, 2.05) is 27.7 Å². The fourth-order valence-corrected chi connectivity index (χ4v) is 8.70. The summed E-state index contributed by atoms with van der Waals surface area (Å²) in [4.78, 5) is 29.8. The molecule has 2 bridgehead atoms. The van der Waals surface area contributed by atoms with Crippen molar-refractivity contribution >= 4 is 11.8 Å². The Bertz CT molecular complexity index is 966. The predicted molar refractivity (Wildman–Crippen MR) is 168 cm³/mol. The van der Waals surface area contributed by atoms with Gasteiger partial charge in [-0.1, -0.05) is 52.7 Å². The Morgan fingerprint density at radius 3 is 2.21 bits per heavy atom. The minimum Gasteiger partial charge on any atom is -0.454 e. The molecule has 0 amide bonds. The van der Waals surface area contributed by atoms with Crippen LogP contribution < -0.4 is 0 Å². The molecule has 0 aromatic heterocycles. The minimum atomic E-state index is -0.752. The van der Waals surface area contributed by atoms with Crippen LogP contribution in [0.1, 0.15) is 94.4 Å². The molecular formula is C35H59NO6. The molecule has 0 spiro atoms. The summed E-state index contributed by atoms with van der Waals surface area (Å²) in [6.45, 7) is 23.1. The van der Waals surface area contributed by atoms with Crippen LogP contribution in [0.2, 0.25) is 0 Å². The van der Waals surface area contributed by atoms with Crippen molar-refractivity contribution < 1.29 is 28.5 Å². The molecule has 2 saturated carbocycles. The average Bonchev–Trinajstić information content (AvgIpc) is 2.99. The summed E-state index contributed by atoms with van der Waals surface area (Å²) in [7, 11) is 1.72. The molecular weight excluding hydrogens is 530 g/mol. The Hall–Kier alpha value is -1.72. The third-order valence-corrected chi connectivity index (χ3v) is 10.7. The Balaban J connectivity index is 0.000000966. The van der Waals surface area contributed by atoms with Crippen LogP contribution in [0.3, 0.4) is 0 Å². The molecule has 2 heterocycles. The van der Waals surface area contributed by atoms with E-state index in [1.165, 1.54) is 18.1 Å². The second-order valence-electron chi connectivity index (χ2n) is 12.7. The van der Waals surface area contributed by atoms with Crippen LogP contribution in [-0.2, 0) is 28.5 Å². The third-order valence-electron chi connectivity index (χ3n) is 10.7. The first-order chi connectivity index (χ1) is 20.1. The molecule has 2 saturated heterocycles. The lowest BCUT2D eigenvalue weighted by molar-refractivity contribution is -0.323. The number of hydrogen-bond donors (Lipinski definition) is 0. The van der Waals surface area contributed by atoms with Gasteiger partial charge in [-0.25, -0.2) is 0 Å². The molecule has 7 nitrogen and oxygen atoms in total. The number of rotatable bonds is 5. The maximum atomic E-state index is 15.0. The number of ether oxygens (including phenoxy) is 4. The highest BCUT2D eigenvalue weighted by atomic mass is 16.6. The summed E-state index contributed by atoms with van der Waals surface area (Å²) in [5, 5.41) is 0. The van der Waals surface area contributed by atoms with Gasteiger partial charge < -0.3 is 18.9 Å². The SMILES string of the molecule is C#C.CC.CC.CO[C@H]1C[C@H]2OC[C@@]2(OC(C)=O)C2C[C@@H]3CCC(C)=C([C@@H](CCN4CCOCC4)C(=O)[C@@]21C)C3(C)C. The van der Waals surface area contributed by atoms with Crippen LogP contribution in [0.25, 0.3) is 0 Å². The van der Waals surface area contributed by atoms with Crippen LogP contribution >= 0.6 is 0 Å². The van der Waals surface area contributed by atoms with E-state index in [1.54, 1.807) is 7.11 Å². The average molecular weight is 590 g/mol. The van der Waals surface area contributed by atoms with E-state index in [2.05, 4.69) is 45.4 Å². The summed E-state index contributed by atoms with van der Waals surface area (Å²) in [5.74, 6) is 0.0901. The van der Waals surface area contributed by atoms with Gasteiger partial charge in [0.15, 0.2) is 5.60 Å². The first kappa shape index (κ1) is 36.5. The van der Waals surface area contributed by atoms with Crippen molar-refractivity contribution in [2.75, 3.05) is 46.6 Å². The van der Waals surface area contributed by atoms with E-state index < -0.39 is 11.0 Å². The molecule has 4 fully saturated rings. The Kier molecular flexibility index (Phi) is 13.3. The van der Waals surface area contributed by atoms with Gasteiger partial charge in [0.2, 0.25) is 0 Å². The third kappa shape index (κ3) is 6.39. The van der Waals surface area contributed by atoms with Crippen molar-refractivity contribution in [2.45, 2.75) is 112 Å². The Morgan fingerprint density at radius 1 is 1.07 bits per heavy atom. The first-order valence-electron chi connectivity index (χ1n) is 16.3. The number of esters is 1. The van der Waals surface area contributed by atoms with Gasteiger partial charge in [0.1, 0.15) is 11.9 Å². The molecule has 1 unspecified atom stereocenters. The van der Waals surface area contributed by atoms with E-state index in [0.29, 0.717) is 18.9 Å². The molecule has 3 aliphatic carbocycles. The molecule has 7 atom stereocenters. The first-order valence-corrected chi connectivity index (χ1v) is 16.3. The number of ketones is 1. The number of hydrogen-bond acceptors (Lipinski definition) is 7. The van der Waals surface area contributed by atoms with Crippen molar-refractivity contribution in [3.8, 4) is 12.8 Å². The maximum Gasteiger partial charge on any atom is 0.303 e. The highest BCUT2D eigenvalue weighted by Crippen LogP contribution is 2.63. The summed E-state index contributed by atoms with van der Waals surface area (Å²) in [5.41, 5.74) is 1.16. The van der Waals surface area contributed by atoms with Crippen LogP contribution in [-0.4, -0.2) is 81.0 Å². The van der Waals surface area contributed by atoms with E-state index in [4.69, 9.17) is 18.9 Å². The van der Waals surface area contributed by atoms with Gasteiger partial charge in [-0.05, 0) is 57.4 Å². The molecule has 0 N–H and O–H groups in total. The molecule has 2 aliphatic heterocycles. The highest BCUT2D eigenvalue weighted by molar-refractivity contribution is 5.91. The van der Waals surface area contributed by atoms with Crippen molar-refractivity contribution in [1.29, 1.82) is 0 Å². The number of carbonyl (C=O) groups is 2. The fraction of sp³-hybridized carbons (Fsp3) is 0.829. The van der Waals surface area contributed by atoms with Crippen LogP contribution in [0.4, 0.5) is 0 Å². The van der Waals surface area contributed by atoms with Crippen LogP contribution in [0, 0.1) is 41.4 Å². The number of morpholine rings is 1. The predicted octanol–water partition coefficient (Wildman–Crippen LogP) is 6.09. The number of terminal acetylenes is 1. The monoisotopic (exact) mass is 589 g/mol. The highest BCUT2D eigenvalue weighted by Gasteiger charge is 2.71. The van der Waals surface area contributed by atoms with E-state index >= 15 is 0 Å². The molecule has 240 valence electrons. The molecule has 5 aliphatic rings. The van der Waals surface area contributed by atoms with Crippen LogP contribution in [0.15, 0.2) is 11.1 Å². The Labute approximate surface area is 256 Å².